The number of nitrogens with one attached hydrogen (secondary N) is 1. The summed E-state index contributed by atoms with van der Waals surface area (Å²) in [5.41, 5.74) is 0.968. The summed E-state index contributed by atoms with van der Waals surface area (Å²) in [6.07, 6.45) is 1.75. The highest BCUT2D eigenvalue weighted by atomic mass is 32.2. The zero-order valence-electron chi connectivity index (χ0n) is 17.2. The van der Waals surface area contributed by atoms with E-state index in [-0.39, 0.29) is 11.8 Å². The van der Waals surface area contributed by atoms with Gasteiger partial charge in [0, 0.05) is 38.9 Å². The van der Waals surface area contributed by atoms with Crippen molar-refractivity contribution in [2.24, 2.45) is 5.92 Å². The third-order valence-electron chi connectivity index (χ3n) is 5.14. The molecule has 1 aliphatic rings. The molecule has 7 nitrogen and oxygen atoms in total. The van der Waals surface area contributed by atoms with Gasteiger partial charge in [0.05, 0.1) is 5.69 Å². The second-order valence-corrected chi connectivity index (χ2v) is 9.38. The van der Waals surface area contributed by atoms with Gasteiger partial charge in [-0.1, -0.05) is 32.0 Å². The number of piperazine rings is 1. The number of nitrogens with zero attached hydrogens (tertiary/aromatic N) is 3. The summed E-state index contributed by atoms with van der Waals surface area (Å²) in [6.45, 7) is 6.58. The summed E-state index contributed by atoms with van der Waals surface area (Å²) in [5.74, 6) is -1.42. The predicted molar refractivity (Wildman–Crippen MR) is 111 cm³/mol. The van der Waals surface area contributed by atoms with Crippen LogP contribution in [0.15, 0.2) is 53.6 Å². The second-order valence-electron chi connectivity index (χ2n) is 7.70. The third-order valence-corrected chi connectivity index (χ3v) is 6.61. The number of hydrogen-bond acceptors (Lipinski definition) is 5. The summed E-state index contributed by atoms with van der Waals surface area (Å²) >= 11 is 0. The van der Waals surface area contributed by atoms with Gasteiger partial charge in [0.1, 0.15) is 16.8 Å². The Morgan fingerprint density at radius 3 is 2.37 bits per heavy atom. The third kappa shape index (κ3) is 5.41. The fourth-order valence-corrected chi connectivity index (χ4v) is 4.83. The van der Waals surface area contributed by atoms with Crippen molar-refractivity contribution in [2.45, 2.75) is 31.3 Å². The zero-order valence-corrected chi connectivity index (χ0v) is 18.0. The zero-order chi connectivity index (χ0) is 21.7. The average Bonchev–Trinajstić information content (AvgIpc) is 2.73. The van der Waals surface area contributed by atoms with E-state index in [1.54, 1.807) is 24.9 Å². The van der Waals surface area contributed by atoms with Gasteiger partial charge in [-0.05, 0) is 30.2 Å². The van der Waals surface area contributed by atoms with Crippen LogP contribution >= 0.6 is 0 Å². The molecule has 0 unspecified atom stereocenters. The van der Waals surface area contributed by atoms with E-state index in [1.165, 1.54) is 18.2 Å². The summed E-state index contributed by atoms with van der Waals surface area (Å²) in [5, 5.41) is 0. The van der Waals surface area contributed by atoms with Gasteiger partial charge in [-0.15, -0.1) is 0 Å². The second kappa shape index (κ2) is 9.63. The van der Waals surface area contributed by atoms with Gasteiger partial charge in [-0.2, -0.15) is 4.72 Å². The van der Waals surface area contributed by atoms with E-state index in [9.17, 15) is 17.6 Å². The Hall–Kier alpha value is -2.36. The molecule has 1 saturated heterocycles. The van der Waals surface area contributed by atoms with Gasteiger partial charge in [0.25, 0.3) is 0 Å². The highest BCUT2D eigenvalue weighted by Crippen LogP contribution is 2.17. The molecule has 3 rings (SSSR count). The maximum Gasteiger partial charge on any atom is 0.244 e. The number of benzene rings is 1. The molecule has 0 aliphatic carbocycles. The Morgan fingerprint density at radius 1 is 1.10 bits per heavy atom. The molecule has 2 aromatic rings. The minimum Gasteiger partial charge on any atom is -0.339 e. The number of hydrogen-bond donors (Lipinski definition) is 1. The van der Waals surface area contributed by atoms with Crippen LogP contribution in [0.3, 0.4) is 0 Å². The molecule has 162 valence electrons. The standard InChI is InChI=1S/C21H27FN4O3S/c1-16(2)20(24-30(28,29)19-9-4-3-8-18(19)22)21(27)26-13-11-25(12-14-26)15-17-7-5-6-10-23-17/h3-10,16,20,24H,11-15H2,1-2H3/t20-/m0/s1. The number of carbonyl (C=O) groups excluding carboxylic acids is 1. The highest BCUT2D eigenvalue weighted by Gasteiger charge is 2.33. The number of sulfonamides is 1. The van der Waals surface area contributed by atoms with Crippen molar-refractivity contribution in [3.8, 4) is 0 Å². The molecule has 1 aliphatic heterocycles. The van der Waals surface area contributed by atoms with Gasteiger partial charge < -0.3 is 4.90 Å². The molecular weight excluding hydrogens is 407 g/mol. The molecule has 1 aromatic heterocycles. The molecule has 0 bridgehead atoms. The number of aromatic nitrogens is 1. The fraction of sp³-hybridized carbons (Fsp3) is 0.429. The average molecular weight is 435 g/mol. The van der Waals surface area contributed by atoms with Crippen LogP contribution in [0.2, 0.25) is 0 Å². The Labute approximate surface area is 177 Å². The van der Waals surface area contributed by atoms with E-state index in [0.29, 0.717) is 32.7 Å². The first-order valence-electron chi connectivity index (χ1n) is 9.96. The first-order valence-corrected chi connectivity index (χ1v) is 11.4. The van der Waals surface area contributed by atoms with Gasteiger partial charge in [0.15, 0.2) is 0 Å². The summed E-state index contributed by atoms with van der Waals surface area (Å²) < 4.78 is 41.8. The van der Waals surface area contributed by atoms with Crippen LogP contribution in [0.5, 0.6) is 0 Å². The summed E-state index contributed by atoms with van der Waals surface area (Å²) in [4.78, 5) is 20.8. The summed E-state index contributed by atoms with van der Waals surface area (Å²) in [7, 11) is -4.16. The Bertz CT molecular complexity index is 961. The molecule has 0 radical (unpaired) electrons. The normalized spacial score (nSPS) is 16.6. The number of rotatable bonds is 7. The molecule has 30 heavy (non-hydrogen) atoms. The van der Waals surface area contributed by atoms with Crippen LogP contribution in [-0.2, 0) is 21.4 Å². The lowest BCUT2D eigenvalue weighted by Gasteiger charge is -2.37. The maximum atomic E-state index is 14.0. The number of halogens is 1. The molecule has 1 aromatic carbocycles. The molecule has 0 spiro atoms. The van der Waals surface area contributed by atoms with E-state index >= 15 is 0 Å². The smallest absolute Gasteiger partial charge is 0.244 e. The van der Waals surface area contributed by atoms with Gasteiger partial charge in [-0.3, -0.25) is 14.7 Å². The molecule has 1 N–H and O–H groups in total. The van der Waals surface area contributed by atoms with Crippen molar-refractivity contribution >= 4 is 15.9 Å². The van der Waals surface area contributed by atoms with Gasteiger partial charge in [0.2, 0.25) is 15.9 Å². The van der Waals surface area contributed by atoms with Crippen LogP contribution < -0.4 is 4.72 Å². The Kier molecular flexibility index (Phi) is 7.17. The molecule has 9 heteroatoms. The first kappa shape index (κ1) is 22.3. The topological polar surface area (TPSA) is 82.6 Å². The minimum atomic E-state index is -4.16. The maximum absolute atomic E-state index is 14.0. The van der Waals surface area contributed by atoms with Crippen LogP contribution in [-0.4, -0.2) is 61.3 Å². The number of carbonyl (C=O) groups is 1. The minimum absolute atomic E-state index is 0.286. The van der Waals surface area contributed by atoms with Crippen molar-refractivity contribution in [2.75, 3.05) is 26.2 Å². The molecular formula is C21H27FN4O3S. The van der Waals surface area contributed by atoms with Crippen molar-refractivity contribution in [1.82, 2.24) is 19.5 Å². The van der Waals surface area contributed by atoms with Crippen molar-refractivity contribution < 1.29 is 17.6 Å². The van der Waals surface area contributed by atoms with Crippen LogP contribution in [0.1, 0.15) is 19.5 Å². The van der Waals surface area contributed by atoms with E-state index < -0.39 is 26.8 Å². The predicted octanol–water partition coefficient (Wildman–Crippen LogP) is 1.87. The van der Waals surface area contributed by atoms with E-state index in [2.05, 4.69) is 14.6 Å². The lowest BCUT2D eigenvalue weighted by Crippen LogP contribution is -2.56. The lowest BCUT2D eigenvalue weighted by atomic mass is 10.0. The largest absolute Gasteiger partial charge is 0.339 e. The Morgan fingerprint density at radius 2 is 1.77 bits per heavy atom. The summed E-state index contributed by atoms with van der Waals surface area (Å²) in [6, 6.07) is 9.96. The van der Waals surface area contributed by atoms with E-state index in [0.717, 1.165) is 11.8 Å². The van der Waals surface area contributed by atoms with Crippen LogP contribution in [0.4, 0.5) is 4.39 Å². The monoisotopic (exact) mass is 434 g/mol. The molecule has 2 heterocycles. The molecule has 0 saturated carbocycles. The van der Waals surface area contributed by atoms with Crippen molar-refractivity contribution in [3.05, 3.63) is 60.2 Å². The number of pyridine rings is 1. The lowest BCUT2D eigenvalue weighted by molar-refractivity contribution is -0.135. The van der Waals surface area contributed by atoms with Crippen LogP contribution in [0.25, 0.3) is 0 Å². The fourth-order valence-electron chi connectivity index (χ4n) is 3.41. The quantitative estimate of drug-likeness (QED) is 0.719. The SMILES string of the molecule is CC(C)[C@H](NS(=O)(=O)c1ccccc1F)C(=O)N1CCN(Cc2ccccn2)CC1. The first-order chi connectivity index (χ1) is 14.3. The number of amides is 1. The Balaban J connectivity index is 1.64. The van der Waals surface area contributed by atoms with Gasteiger partial charge >= 0.3 is 0 Å². The molecule has 1 fully saturated rings. The van der Waals surface area contributed by atoms with Gasteiger partial charge in [-0.25, -0.2) is 12.8 Å². The van der Waals surface area contributed by atoms with Crippen molar-refractivity contribution in [3.63, 3.8) is 0 Å². The van der Waals surface area contributed by atoms with E-state index in [4.69, 9.17) is 0 Å². The molecule has 1 atom stereocenters. The highest BCUT2D eigenvalue weighted by molar-refractivity contribution is 7.89. The van der Waals surface area contributed by atoms with Crippen molar-refractivity contribution in [1.29, 1.82) is 0 Å². The van der Waals surface area contributed by atoms with Crippen LogP contribution in [0, 0.1) is 11.7 Å². The van der Waals surface area contributed by atoms with E-state index in [1.807, 2.05) is 18.2 Å². The molecule has 1 amide bonds.